The Morgan fingerprint density at radius 3 is 2.24 bits per heavy atom. The molecule has 1 amide bonds. The molecule has 1 aromatic heterocycles. The van der Waals surface area contributed by atoms with Crippen LogP contribution in [-0.4, -0.2) is 38.1 Å². The Hall–Kier alpha value is -4.50. The van der Waals surface area contributed by atoms with Crippen molar-refractivity contribution in [2.24, 2.45) is 0 Å². The number of amides is 1. The number of benzene rings is 3. The van der Waals surface area contributed by atoms with Gasteiger partial charge in [0.25, 0.3) is 5.91 Å². The molecule has 0 saturated carbocycles. The van der Waals surface area contributed by atoms with Crippen LogP contribution in [0, 0.1) is 5.82 Å². The van der Waals surface area contributed by atoms with Crippen LogP contribution in [0.3, 0.4) is 0 Å². The van der Waals surface area contributed by atoms with Gasteiger partial charge in [0, 0.05) is 16.1 Å². The molecule has 1 unspecified atom stereocenters. The molecule has 38 heavy (non-hydrogen) atoms. The number of ether oxygens (including phenoxy) is 3. The normalized spacial score (nSPS) is 15.3. The summed E-state index contributed by atoms with van der Waals surface area (Å²) in [6.45, 7) is 0. The standard InChI is InChI=1S/C28H21ClFNO7/c1-35-21-12-15(13-22(36-2)27(21)37-3)24-23(25(32)20-11-14-10-16(29)4-9-19(14)38-20)26(33)28(34)31(24)18-7-5-17(30)6-8-18/h4-13,24,33H,1-3H3. The molecule has 194 valence electrons. The van der Waals surface area contributed by atoms with Crippen LogP contribution in [0.4, 0.5) is 10.1 Å². The number of hydrogen-bond acceptors (Lipinski definition) is 7. The summed E-state index contributed by atoms with van der Waals surface area (Å²) in [7, 11) is 4.30. The van der Waals surface area contributed by atoms with Crippen LogP contribution < -0.4 is 19.1 Å². The Morgan fingerprint density at radius 1 is 0.974 bits per heavy atom. The number of nitrogens with zero attached hydrogens (tertiary/aromatic N) is 1. The van der Waals surface area contributed by atoms with E-state index in [0.29, 0.717) is 27.3 Å². The average Bonchev–Trinajstić information content (AvgIpc) is 3.46. The highest BCUT2D eigenvalue weighted by atomic mass is 35.5. The molecule has 0 bridgehead atoms. The molecule has 1 N–H and O–H groups in total. The van der Waals surface area contributed by atoms with E-state index in [1.807, 2.05) is 0 Å². The number of carbonyl (C=O) groups is 2. The molecule has 10 heteroatoms. The van der Waals surface area contributed by atoms with Gasteiger partial charge in [0.15, 0.2) is 23.0 Å². The molecule has 0 fully saturated rings. The summed E-state index contributed by atoms with van der Waals surface area (Å²) in [4.78, 5) is 28.4. The lowest BCUT2D eigenvalue weighted by atomic mass is 9.94. The molecule has 0 aliphatic carbocycles. The highest BCUT2D eigenvalue weighted by Gasteiger charge is 2.46. The molecule has 8 nitrogen and oxygen atoms in total. The number of hydrogen-bond donors (Lipinski definition) is 1. The number of carbonyl (C=O) groups excluding carboxylic acids is 2. The van der Waals surface area contributed by atoms with E-state index < -0.39 is 29.3 Å². The summed E-state index contributed by atoms with van der Waals surface area (Å²) >= 11 is 6.07. The summed E-state index contributed by atoms with van der Waals surface area (Å²) in [5.74, 6) is -2.11. The predicted octanol–water partition coefficient (Wildman–Crippen LogP) is 6.03. The second-order valence-corrected chi connectivity index (χ2v) is 8.83. The van der Waals surface area contributed by atoms with Crippen LogP contribution in [0.5, 0.6) is 17.2 Å². The van der Waals surface area contributed by atoms with Gasteiger partial charge < -0.3 is 23.7 Å². The molecule has 1 aliphatic heterocycles. The van der Waals surface area contributed by atoms with Crippen LogP contribution in [0.25, 0.3) is 11.0 Å². The molecule has 1 aliphatic rings. The topological polar surface area (TPSA) is 98.4 Å². The Morgan fingerprint density at radius 2 is 1.63 bits per heavy atom. The van der Waals surface area contributed by atoms with E-state index in [1.165, 1.54) is 56.6 Å². The minimum absolute atomic E-state index is 0.102. The molecular formula is C28H21ClFNO7. The second-order valence-electron chi connectivity index (χ2n) is 8.40. The van der Waals surface area contributed by atoms with Gasteiger partial charge in [-0.25, -0.2) is 4.39 Å². The number of anilines is 1. The summed E-state index contributed by atoms with van der Waals surface area (Å²) in [6.07, 6.45) is 0. The van der Waals surface area contributed by atoms with Gasteiger partial charge in [-0.15, -0.1) is 0 Å². The zero-order valence-electron chi connectivity index (χ0n) is 20.5. The fraction of sp³-hybridized carbons (Fsp3) is 0.143. The first kappa shape index (κ1) is 25.2. The van der Waals surface area contributed by atoms with Crippen LogP contribution in [0.15, 0.2) is 76.4 Å². The van der Waals surface area contributed by atoms with Crippen LogP contribution in [0.2, 0.25) is 5.02 Å². The number of methoxy groups -OCH3 is 3. The quantitative estimate of drug-likeness (QED) is 0.287. The molecule has 4 aromatic rings. The SMILES string of the molecule is COc1cc(C2C(C(=O)c3cc4cc(Cl)ccc4o3)=C(O)C(=O)N2c2ccc(F)cc2)cc(OC)c1OC. The predicted molar refractivity (Wildman–Crippen MR) is 138 cm³/mol. The third-order valence-electron chi connectivity index (χ3n) is 6.26. The van der Waals surface area contributed by atoms with Crippen LogP contribution in [0.1, 0.15) is 22.2 Å². The van der Waals surface area contributed by atoms with E-state index >= 15 is 0 Å². The van der Waals surface area contributed by atoms with Gasteiger partial charge in [0.2, 0.25) is 11.5 Å². The van der Waals surface area contributed by atoms with Gasteiger partial charge in [-0.3, -0.25) is 14.5 Å². The van der Waals surface area contributed by atoms with Crippen molar-refractivity contribution >= 4 is 39.9 Å². The Balaban J connectivity index is 1.71. The number of aliphatic hydroxyl groups is 1. The smallest absolute Gasteiger partial charge is 0.294 e. The van der Waals surface area contributed by atoms with Crippen molar-refractivity contribution in [1.29, 1.82) is 0 Å². The van der Waals surface area contributed by atoms with Gasteiger partial charge in [-0.2, -0.15) is 0 Å². The monoisotopic (exact) mass is 537 g/mol. The van der Waals surface area contributed by atoms with Crippen LogP contribution in [-0.2, 0) is 4.79 Å². The Bertz CT molecular complexity index is 1580. The van der Waals surface area contributed by atoms with Gasteiger partial charge in [0.05, 0.1) is 32.9 Å². The lowest BCUT2D eigenvalue weighted by molar-refractivity contribution is -0.117. The fourth-order valence-electron chi connectivity index (χ4n) is 4.54. The number of furan rings is 1. The third kappa shape index (κ3) is 4.10. The van der Waals surface area contributed by atoms with E-state index in [2.05, 4.69) is 0 Å². The number of fused-ring (bicyclic) bond motifs is 1. The highest BCUT2D eigenvalue weighted by Crippen LogP contribution is 2.47. The van der Waals surface area contributed by atoms with Crippen LogP contribution >= 0.6 is 11.6 Å². The molecule has 1 atom stereocenters. The lowest BCUT2D eigenvalue weighted by Gasteiger charge is -2.27. The number of rotatable bonds is 7. The third-order valence-corrected chi connectivity index (χ3v) is 6.50. The Labute approximate surface area is 221 Å². The Kier molecular flexibility index (Phi) is 6.46. The van der Waals surface area contributed by atoms with E-state index in [1.54, 1.807) is 30.3 Å². The number of aliphatic hydroxyl groups excluding tert-OH is 1. The van der Waals surface area contributed by atoms with Crippen molar-refractivity contribution in [1.82, 2.24) is 0 Å². The maximum Gasteiger partial charge on any atom is 0.294 e. The summed E-state index contributed by atoms with van der Waals surface area (Å²) < 4.78 is 35.8. The van der Waals surface area contributed by atoms with Crippen molar-refractivity contribution in [3.05, 3.63) is 94.2 Å². The summed E-state index contributed by atoms with van der Waals surface area (Å²) in [5, 5.41) is 12.0. The van der Waals surface area contributed by atoms with Crippen molar-refractivity contribution in [3.8, 4) is 17.2 Å². The zero-order chi connectivity index (χ0) is 27.1. The molecule has 5 rings (SSSR count). The molecular weight excluding hydrogens is 517 g/mol. The average molecular weight is 538 g/mol. The molecule has 0 saturated heterocycles. The minimum Gasteiger partial charge on any atom is -0.503 e. The van der Waals surface area contributed by atoms with Gasteiger partial charge in [-0.1, -0.05) is 11.6 Å². The molecule has 3 aromatic carbocycles. The van der Waals surface area contributed by atoms with Gasteiger partial charge >= 0.3 is 0 Å². The summed E-state index contributed by atoms with van der Waals surface area (Å²) in [5.41, 5.74) is 0.783. The lowest BCUT2D eigenvalue weighted by Crippen LogP contribution is -2.31. The first-order chi connectivity index (χ1) is 18.3. The second kappa shape index (κ2) is 9.75. The molecule has 0 radical (unpaired) electrons. The first-order valence-electron chi connectivity index (χ1n) is 11.3. The number of Topliss-reactive ketones (excluding diaryl/α,β-unsaturated/α-hetero) is 1. The fourth-order valence-corrected chi connectivity index (χ4v) is 4.72. The highest BCUT2D eigenvalue weighted by molar-refractivity contribution is 6.31. The summed E-state index contributed by atoms with van der Waals surface area (Å²) in [6, 6.07) is 13.4. The van der Waals surface area contributed by atoms with E-state index in [0.717, 1.165) is 0 Å². The molecule has 0 spiro atoms. The first-order valence-corrected chi connectivity index (χ1v) is 11.7. The maximum atomic E-state index is 13.8. The zero-order valence-corrected chi connectivity index (χ0v) is 21.2. The van der Waals surface area contributed by atoms with Crippen molar-refractivity contribution in [2.75, 3.05) is 26.2 Å². The van der Waals surface area contributed by atoms with Gasteiger partial charge in [0.1, 0.15) is 11.4 Å². The number of ketones is 1. The van der Waals surface area contributed by atoms with E-state index in [4.69, 9.17) is 30.2 Å². The maximum absolute atomic E-state index is 13.8. The van der Waals surface area contributed by atoms with Crippen molar-refractivity contribution in [3.63, 3.8) is 0 Å². The largest absolute Gasteiger partial charge is 0.503 e. The van der Waals surface area contributed by atoms with E-state index in [9.17, 15) is 19.1 Å². The van der Waals surface area contributed by atoms with Gasteiger partial charge in [-0.05, 0) is 66.2 Å². The number of halogens is 2. The molecule has 2 heterocycles. The minimum atomic E-state index is -1.15. The van der Waals surface area contributed by atoms with E-state index in [-0.39, 0.29) is 28.5 Å². The van der Waals surface area contributed by atoms with Crippen molar-refractivity contribution < 1.29 is 37.7 Å². The van der Waals surface area contributed by atoms with Crippen molar-refractivity contribution in [2.45, 2.75) is 6.04 Å².